The summed E-state index contributed by atoms with van der Waals surface area (Å²) in [7, 11) is 0. The normalized spacial score (nSPS) is 24.1. The molecular weight excluding hydrogens is 333 g/mol. The van der Waals surface area contributed by atoms with Crippen LogP contribution in [0, 0.1) is 5.92 Å². The minimum Gasteiger partial charge on any atom is -0.341 e. The summed E-state index contributed by atoms with van der Waals surface area (Å²) in [5.41, 5.74) is 7.02. The van der Waals surface area contributed by atoms with Gasteiger partial charge < -0.3 is 10.6 Å². The lowest BCUT2D eigenvalue weighted by Crippen LogP contribution is -2.44. The van der Waals surface area contributed by atoms with Gasteiger partial charge in [0.1, 0.15) is 0 Å². The van der Waals surface area contributed by atoms with Crippen LogP contribution in [0.3, 0.4) is 0 Å². The molecule has 0 bridgehead atoms. The van der Waals surface area contributed by atoms with Gasteiger partial charge in [0.2, 0.25) is 5.91 Å². The van der Waals surface area contributed by atoms with Crippen LogP contribution in [-0.2, 0) is 11.3 Å². The molecule has 2 saturated heterocycles. The first-order chi connectivity index (χ1) is 10.3. The Kier molecular flexibility index (Phi) is 8.34. The van der Waals surface area contributed by atoms with Gasteiger partial charge in [-0.25, -0.2) is 0 Å². The SMILES string of the molecule is Cl.Cl.NCC1CCN(C(=O)C2CCCN2Cc2ccccc2)C1. The van der Waals surface area contributed by atoms with Gasteiger partial charge in [-0.1, -0.05) is 30.3 Å². The van der Waals surface area contributed by atoms with Crippen LogP contribution in [0.2, 0.25) is 0 Å². The molecule has 0 aromatic heterocycles. The highest BCUT2D eigenvalue weighted by molar-refractivity contribution is 5.85. The molecule has 0 radical (unpaired) electrons. The third-order valence-corrected chi connectivity index (χ3v) is 4.81. The first-order valence-electron chi connectivity index (χ1n) is 8.04. The summed E-state index contributed by atoms with van der Waals surface area (Å²) in [6.45, 7) is 4.34. The zero-order valence-corrected chi connectivity index (χ0v) is 15.0. The van der Waals surface area contributed by atoms with Crippen molar-refractivity contribution >= 4 is 30.7 Å². The number of hydrogen-bond donors (Lipinski definition) is 1. The first kappa shape index (κ1) is 20.2. The summed E-state index contributed by atoms with van der Waals surface area (Å²) in [6.07, 6.45) is 3.18. The molecule has 0 aliphatic carbocycles. The second-order valence-electron chi connectivity index (χ2n) is 6.29. The fraction of sp³-hybridized carbons (Fsp3) is 0.588. The van der Waals surface area contributed by atoms with E-state index in [1.54, 1.807) is 0 Å². The molecular formula is C17H27Cl2N3O. The van der Waals surface area contributed by atoms with Crippen LogP contribution in [0.15, 0.2) is 30.3 Å². The van der Waals surface area contributed by atoms with Crippen LogP contribution in [-0.4, -0.2) is 47.9 Å². The molecule has 23 heavy (non-hydrogen) atoms. The Labute approximate surface area is 151 Å². The Bertz CT molecular complexity index is 486. The monoisotopic (exact) mass is 359 g/mol. The van der Waals surface area contributed by atoms with Crippen molar-refractivity contribution in [3.8, 4) is 0 Å². The number of hydrogen-bond acceptors (Lipinski definition) is 3. The average Bonchev–Trinajstić information content (AvgIpc) is 3.16. The van der Waals surface area contributed by atoms with Crippen LogP contribution >= 0.6 is 24.8 Å². The molecule has 0 saturated carbocycles. The maximum absolute atomic E-state index is 12.8. The van der Waals surface area contributed by atoms with E-state index < -0.39 is 0 Å². The van der Waals surface area contributed by atoms with Gasteiger partial charge in [0.15, 0.2) is 0 Å². The van der Waals surface area contributed by atoms with Crippen LogP contribution < -0.4 is 5.73 Å². The summed E-state index contributed by atoms with van der Waals surface area (Å²) in [6, 6.07) is 10.5. The molecule has 1 amide bonds. The molecule has 130 valence electrons. The molecule has 2 heterocycles. The van der Waals surface area contributed by atoms with Crippen LogP contribution in [0.1, 0.15) is 24.8 Å². The van der Waals surface area contributed by atoms with Crippen molar-refractivity contribution in [2.24, 2.45) is 11.7 Å². The van der Waals surface area contributed by atoms with Crippen LogP contribution in [0.25, 0.3) is 0 Å². The molecule has 2 aliphatic heterocycles. The van der Waals surface area contributed by atoms with E-state index in [1.165, 1.54) is 5.56 Å². The molecule has 3 rings (SSSR count). The van der Waals surface area contributed by atoms with Gasteiger partial charge >= 0.3 is 0 Å². The Balaban J connectivity index is 0.00000132. The number of amides is 1. The molecule has 2 atom stereocenters. The topological polar surface area (TPSA) is 49.6 Å². The van der Waals surface area contributed by atoms with Crippen molar-refractivity contribution < 1.29 is 4.79 Å². The minimum atomic E-state index is 0. The maximum Gasteiger partial charge on any atom is 0.239 e. The zero-order chi connectivity index (χ0) is 14.7. The third kappa shape index (κ3) is 4.83. The van der Waals surface area contributed by atoms with Crippen molar-refractivity contribution in [1.29, 1.82) is 0 Å². The second-order valence-corrected chi connectivity index (χ2v) is 6.29. The van der Waals surface area contributed by atoms with E-state index in [1.807, 2.05) is 11.0 Å². The zero-order valence-electron chi connectivity index (χ0n) is 13.4. The lowest BCUT2D eigenvalue weighted by Gasteiger charge is -2.28. The molecule has 2 N–H and O–H groups in total. The molecule has 2 fully saturated rings. The standard InChI is InChI=1S/C17H25N3O.2ClH/c18-11-15-8-10-20(13-15)17(21)16-7-4-9-19(16)12-14-5-2-1-3-6-14;;/h1-3,5-6,15-16H,4,7-13,18H2;2*1H. The fourth-order valence-corrected chi connectivity index (χ4v) is 3.55. The molecule has 0 spiro atoms. The summed E-state index contributed by atoms with van der Waals surface area (Å²) in [5.74, 6) is 0.817. The molecule has 2 unspecified atom stereocenters. The number of rotatable bonds is 4. The maximum atomic E-state index is 12.8. The average molecular weight is 360 g/mol. The lowest BCUT2D eigenvalue weighted by molar-refractivity contribution is -0.135. The van der Waals surface area contributed by atoms with Gasteiger partial charge in [-0.15, -0.1) is 24.8 Å². The number of likely N-dealkylation sites (tertiary alicyclic amines) is 2. The summed E-state index contributed by atoms with van der Waals surface area (Å²) < 4.78 is 0. The quantitative estimate of drug-likeness (QED) is 0.897. The Morgan fingerprint density at radius 1 is 1.13 bits per heavy atom. The smallest absolute Gasteiger partial charge is 0.239 e. The van der Waals surface area contributed by atoms with Gasteiger partial charge in [-0.2, -0.15) is 0 Å². The highest BCUT2D eigenvalue weighted by Gasteiger charge is 2.36. The number of nitrogens with two attached hydrogens (primary N) is 1. The highest BCUT2D eigenvalue weighted by atomic mass is 35.5. The van der Waals surface area contributed by atoms with Gasteiger partial charge in [0.25, 0.3) is 0 Å². The summed E-state index contributed by atoms with van der Waals surface area (Å²) in [5, 5.41) is 0. The lowest BCUT2D eigenvalue weighted by atomic mass is 10.1. The van der Waals surface area contributed by atoms with Gasteiger partial charge in [-0.3, -0.25) is 9.69 Å². The van der Waals surface area contributed by atoms with Crippen molar-refractivity contribution in [2.45, 2.75) is 31.8 Å². The molecule has 2 aliphatic rings. The van der Waals surface area contributed by atoms with E-state index in [-0.39, 0.29) is 30.9 Å². The number of benzene rings is 1. The van der Waals surface area contributed by atoms with Crippen LogP contribution in [0.5, 0.6) is 0 Å². The van der Waals surface area contributed by atoms with Crippen LogP contribution in [0.4, 0.5) is 0 Å². The number of carbonyl (C=O) groups is 1. The summed E-state index contributed by atoms with van der Waals surface area (Å²) in [4.78, 5) is 17.1. The van der Waals surface area contributed by atoms with Crippen molar-refractivity contribution in [3.63, 3.8) is 0 Å². The van der Waals surface area contributed by atoms with Gasteiger partial charge in [-0.05, 0) is 43.8 Å². The third-order valence-electron chi connectivity index (χ3n) is 4.81. The highest BCUT2D eigenvalue weighted by Crippen LogP contribution is 2.24. The van der Waals surface area contributed by atoms with E-state index in [0.29, 0.717) is 18.4 Å². The fourth-order valence-electron chi connectivity index (χ4n) is 3.55. The largest absolute Gasteiger partial charge is 0.341 e. The van der Waals surface area contributed by atoms with E-state index in [2.05, 4.69) is 29.2 Å². The van der Waals surface area contributed by atoms with Crippen molar-refractivity contribution in [2.75, 3.05) is 26.2 Å². The van der Waals surface area contributed by atoms with E-state index >= 15 is 0 Å². The van der Waals surface area contributed by atoms with Gasteiger partial charge in [0, 0.05) is 19.6 Å². The molecule has 1 aromatic carbocycles. The number of halogens is 2. The van der Waals surface area contributed by atoms with E-state index in [4.69, 9.17) is 5.73 Å². The van der Waals surface area contributed by atoms with E-state index in [9.17, 15) is 4.79 Å². The van der Waals surface area contributed by atoms with Crippen molar-refractivity contribution in [3.05, 3.63) is 35.9 Å². The Morgan fingerprint density at radius 2 is 1.87 bits per heavy atom. The number of carbonyl (C=O) groups excluding carboxylic acids is 1. The minimum absolute atomic E-state index is 0. The molecule has 1 aromatic rings. The van der Waals surface area contributed by atoms with Gasteiger partial charge in [0.05, 0.1) is 6.04 Å². The number of nitrogens with zero attached hydrogens (tertiary/aromatic N) is 2. The predicted molar refractivity (Wildman–Crippen MR) is 98.1 cm³/mol. The molecule has 4 nitrogen and oxygen atoms in total. The first-order valence-corrected chi connectivity index (χ1v) is 8.04. The predicted octanol–water partition coefficient (Wildman–Crippen LogP) is 2.30. The molecule has 6 heteroatoms. The van der Waals surface area contributed by atoms with Crippen molar-refractivity contribution in [1.82, 2.24) is 9.80 Å². The van der Waals surface area contributed by atoms with E-state index in [0.717, 1.165) is 45.4 Å². The second kappa shape index (κ2) is 9.48. The summed E-state index contributed by atoms with van der Waals surface area (Å²) >= 11 is 0. The Hall–Kier alpha value is -0.810. The Morgan fingerprint density at radius 3 is 2.52 bits per heavy atom.